The lowest BCUT2D eigenvalue weighted by atomic mass is 9.87. The Labute approximate surface area is 192 Å². The largest absolute Gasteiger partial charge is 0.484 e. The van der Waals surface area contributed by atoms with Crippen molar-refractivity contribution in [2.24, 2.45) is 0 Å². The van der Waals surface area contributed by atoms with Crippen LogP contribution in [0.5, 0.6) is 5.75 Å². The van der Waals surface area contributed by atoms with Gasteiger partial charge < -0.3 is 14.5 Å². The molecule has 1 aliphatic rings. The topological polar surface area (TPSA) is 66.9 Å². The van der Waals surface area contributed by atoms with Gasteiger partial charge in [0.25, 0.3) is 5.91 Å². The van der Waals surface area contributed by atoms with Crippen molar-refractivity contribution < 1.29 is 17.9 Å². The van der Waals surface area contributed by atoms with Crippen LogP contribution in [0.3, 0.4) is 0 Å². The van der Waals surface area contributed by atoms with E-state index in [1.807, 2.05) is 67.5 Å². The summed E-state index contributed by atoms with van der Waals surface area (Å²) in [5, 5.41) is 0. The van der Waals surface area contributed by atoms with Gasteiger partial charge in [0.15, 0.2) is 16.4 Å². The van der Waals surface area contributed by atoms with Crippen LogP contribution in [0.4, 0.5) is 5.69 Å². The van der Waals surface area contributed by atoms with Crippen LogP contribution in [0, 0.1) is 0 Å². The highest BCUT2D eigenvalue weighted by Gasteiger charge is 2.34. The number of sulfone groups is 1. The number of benzene rings is 2. The fraction of sp³-hybridized carbons (Fsp3) is 0.480. The summed E-state index contributed by atoms with van der Waals surface area (Å²) in [6.45, 7) is 6.67. The lowest BCUT2D eigenvalue weighted by Crippen LogP contribution is -2.43. The molecule has 0 radical (unpaired) electrons. The smallest absolute Gasteiger partial charge is 0.261 e. The number of ether oxygens (including phenoxy) is 1. The third-order valence-corrected chi connectivity index (χ3v) is 7.61. The number of nitrogens with zero attached hydrogens (tertiary/aromatic N) is 2. The second-order valence-corrected chi connectivity index (χ2v) is 11.9. The van der Waals surface area contributed by atoms with E-state index in [9.17, 15) is 13.2 Å². The van der Waals surface area contributed by atoms with E-state index in [1.54, 1.807) is 4.90 Å². The molecule has 1 heterocycles. The monoisotopic (exact) mass is 458 g/mol. The van der Waals surface area contributed by atoms with Gasteiger partial charge in [-0.15, -0.1) is 0 Å². The van der Waals surface area contributed by atoms with Crippen LogP contribution in [0.25, 0.3) is 0 Å². The molecule has 1 aliphatic heterocycles. The second-order valence-electron chi connectivity index (χ2n) is 9.70. The molecule has 3 rings (SSSR count). The van der Waals surface area contributed by atoms with Crippen LogP contribution in [0.1, 0.15) is 38.3 Å². The number of hydrogen-bond donors (Lipinski definition) is 0. The Hall–Kier alpha value is -2.54. The average Bonchev–Trinajstić information content (AvgIpc) is 3.09. The van der Waals surface area contributed by atoms with E-state index >= 15 is 0 Å². The van der Waals surface area contributed by atoms with E-state index in [-0.39, 0.29) is 35.5 Å². The van der Waals surface area contributed by atoms with Gasteiger partial charge >= 0.3 is 0 Å². The highest BCUT2D eigenvalue weighted by atomic mass is 32.2. The summed E-state index contributed by atoms with van der Waals surface area (Å²) in [6.07, 6.45) is 0.462. The van der Waals surface area contributed by atoms with E-state index in [4.69, 9.17) is 4.74 Å². The average molecular weight is 459 g/mol. The minimum Gasteiger partial charge on any atom is -0.484 e. The second kappa shape index (κ2) is 9.53. The van der Waals surface area contributed by atoms with Gasteiger partial charge in [0, 0.05) is 32.4 Å². The first kappa shape index (κ1) is 24.1. The Bertz CT molecular complexity index is 1020. The van der Waals surface area contributed by atoms with Crippen LogP contribution >= 0.6 is 0 Å². The molecule has 2 aromatic carbocycles. The molecule has 7 heteroatoms. The normalized spacial score (nSPS) is 17.7. The van der Waals surface area contributed by atoms with Crippen LogP contribution < -0.4 is 9.64 Å². The van der Waals surface area contributed by atoms with Crippen molar-refractivity contribution in [2.45, 2.75) is 45.2 Å². The summed E-state index contributed by atoms with van der Waals surface area (Å²) >= 11 is 0. The highest BCUT2D eigenvalue weighted by Crippen LogP contribution is 2.25. The van der Waals surface area contributed by atoms with E-state index in [0.29, 0.717) is 18.7 Å². The van der Waals surface area contributed by atoms with Crippen molar-refractivity contribution in [3.8, 4) is 5.75 Å². The molecule has 6 nitrogen and oxygen atoms in total. The third-order valence-electron chi connectivity index (χ3n) is 5.86. The first-order valence-corrected chi connectivity index (χ1v) is 12.8. The maximum Gasteiger partial charge on any atom is 0.261 e. The molecule has 0 spiro atoms. The van der Waals surface area contributed by atoms with Crippen molar-refractivity contribution in [2.75, 3.05) is 37.1 Å². The summed E-state index contributed by atoms with van der Waals surface area (Å²) < 4.78 is 29.9. The molecule has 1 unspecified atom stereocenters. The highest BCUT2D eigenvalue weighted by molar-refractivity contribution is 7.91. The van der Waals surface area contributed by atoms with Gasteiger partial charge in [0.2, 0.25) is 0 Å². The molecule has 0 saturated carbocycles. The van der Waals surface area contributed by atoms with Crippen LogP contribution in [-0.2, 0) is 26.6 Å². The standard InChI is InChI=1S/C25H34N2O4S/c1-25(2,3)20-8-12-23(13-9-20)31-17-24(28)27(22-14-15-32(29,30)18-22)16-19-6-10-21(11-7-19)26(4)5/h6-13,22H,14-18H2,1-5H3. The van der Waals surface area contributed by atoms with Gasteiger partial charge in [0.05, 0.1) is 11.5 Å². The predicted octanol–water partition coefficient (Wildman–Crippen LogP) is 3.64. The molecule has 2 aromatic rings. The number of rotatable bonds is 7. The minimum atomic E-state index is -3.11. The van der Waals surface area contributed by atoms with E-state index in [0.717, 1.165) is 11.3 Å². The molecule has 1 atom stereocenters. The number of anilines is 1. The van der Waals surface area contributed by atoms with Gasteiger partial charge in [-0.3, -0.25) is 4.79 Å². The maximum absolute atomic E-state index is 13.1. The molecule has 1 fully saturated rings. The lowest BCUT2D eigenvalue weighted by molar-refractivity contribution is -0.136. The van der Waals surface area contributed by atoms with Crippen LogP contribution in [0.2, 0.25) is 0 Å². The van der Waals surface area contributed by atoms with Gasteiger partial charge in [-0.25, -0.2) is 8.42 Å². The summed E-state index contributed by atoms with van der Waals surface area (Å²) in [5.41, 5.74) is 3.26. The quantitative estimate of drug-likeness (QED) is 0.634. The van der Waals surface area contributed by atoms with Crippen molar-refractivity contribution >= 4 is 21.4 Å². The fourth-order valence-electron chi connectivity index (χ4n) is 3.82. The maximum atomic E-state index is 13.1. The Morgan fingerprint density at radius 1 is 1.03 bits per heavy atom. The molecule has 174 valence electrons. The Morgan fingerprint density at radius 3 is 2.16 bits per heavy atom. The summed E-state index contributed by atoms with van der Waals surface area (Å²) in [7, 11) is 0.832. The molecule has 1 saturated heterocycles. The Balaban J connectivity index is 1.71. The lowest BCUT2D eigenvalue weighted by Gasteiger charge is -2.28. The number of carbonyl (C=O) groups excluding carboxylic acids is 1. The molecule has 0 N–H and O–H groups in total. The molecule has 0 aliphatic carbocycles. The van der Waals surface area contributed by atoms with Gasteiger partial charge in [-0.2, -0.15) is 0 Å². The van der Waals surface area contributed by atoms with Crippen molar-refractivity contribution in [1.82, 2.24) is 4.90 Å². The SMILES string of the molecule is CN(C)c1ccc(CN(C(=O)COc2ccc(C(C)(C)C)cc2)C2CCS(=O)(=O)C2)cc1. The Morgan fingerprint density at radius 2 is 1.66 bits per heavy atom. The zero-order valence-electron chi connectivity index (χ0n) is 19.7. The Kier molecular flexibility index (Phi) is 7.18. The number of carbonyl (C=O) groups is 1. The zero-order chi connectivity index (χ0) is 23.5. The van der Waals surface area contributed by atoms with Gasteiger partial charge in [0.1, 0.15) is 5.75 Å². The molecule has 1 amide bonds. The first-order valence-electron chi connectivity index (χ1n) is 10.9. The van der Waals surface area contributed by atoms with Crippen molar-refractivity contribution in [3.63, 3.8) is 0 Å². The number of hydrogen-bond acceptors (Lipinski definition) is 5. The minimum absolute atomic E-state index is 0.00873. The summed E-state index contributed by atoms with van der Waals surface area (Å²) in [4.78, 5) is 16.8. The van der Waals surface area contributed by atoms with Crippen molar-refractivity contribution in [1.29, 1.82) is 0 Å². The molecular weight excluding hydrogens is 424 g/mol. The molecule has 32 heavy (non-hydrogen) atoms. The van der Waals surface area contributed by atoms with Gasteiger partial charge in [-0.1, -0.05) is 45.0 Å². The summed E-state index contributed by atoms with van der Waals surface area (Å²) in [5.74, 6) is 0.551. The van der Waals surface area contributed by atoms with Crippen LogP contribution in [-0.4, -0.2) is 57.5 Å². The number of amides is 1. The molecular formula is C25H34N2O4S. The molecule has 0 bridgehead atoms. The van der Waals surface area contributed by atoms with E-state index in [1.165, 1.54) is 5.56 Å². The van der Waals surface area contributed by atoms with Crippen LogP contribution in [0.15, 0.2) is 48.5 Å². The fourth-order valence-corrected chi connectivity index (χ4v) is 5.55. The zero-order valence-corrected chi connectivity index (χ0v) is 20.5. The van der Waals surface area contributed by atoms with Crippen molar-refractivity contribution in [3.05, 3.63) is 59.7 Å². The third kappa shape index (κ3) is 6.25. The predicted molar refractivity (Wildman–Crippen MR) is 129 cm³/mol. The first-order chi connectivity index (χ1) is 14.9. The molecule has 0 aromatic heterocycles. The van der Waals surface area contributed by atoms with E-state index < -0.39 is 9.84 Å². The van der Waals surface area contributed by atoms with Gasteiger partial charge in [-0.05, 0) is 47.2 Å². The van der Waals surface area contributed by atoms with E-state index in [2.05, 4.69) is 20.8 Å². The summed E-state index contributed by atoms with van der Waals surface area (Å²) in [6, 6.07) is 15.4.